The van der Waals surface area contributed by atoms with E-state index in [1.807, 2.05) is 0 Å². The highest BCUT2D eigenvalue weighted by atomic mass is 32.2. The molecule has 2 rings (SSSR count). The molecule has 2 amide bonds. The molecular formula is C15H22FN3O3S. The number of hydrogen-bond acceptors (Lipinski definition) is 3. The summed E-state index contributed by atoms with van der Waals surface area (Å²) >= 11 is 0. The average Bonchev–Trinajstić information content (AvgIpc) is 2.47. The van der Waals surface area contributed by atoms with Crippen LogP contribution in [0, 0.1) is 5.82 Å². The van der Waals surface area contributed by atoms with Crippen molar-refractivity contribution >= 4 is 21.7 Å². The highest BCUT2D eigenvalue weighted by Gasteiger charge is 2.27. The summed E-state index contributed by atoms with van der Waals surface area (Å²) in [5.41, 5.74) is 0.401. The predicted octanol–water partition coefficient (Wildman–Crippen LogP) is 2.15. The number of nitrogens with zero attached hydrogens (tertiary/aromatic N) is 1. The standard InChI is InChI=1S/C15H22FN3O3S/c1-11(2)23(21,22)18-13-6-8-19(9-7-13)15(20)17-14-5-3-4-12(16)10-14/h3-5,10-11,13,18H,6-9H2,1-2H3,(H,17,20). The number of halogens is 1. The van der Waals surface area contributed by atoms with Gasteiger partial charge in [-0.05, 0) is 44.9 Å². The summed E-state index contributed by atoms with van der Waals surface area (Å²) in [6.07, 6.45) is 1.12. The van der Waals surface area contributed by atoms with E-state index in [1.54, 1.807) is 24.8 Å². The molecule has 6 nitrogen and oxygen atoms in total. The molecule has 0 saturated carbocycles. The lowest BCUT2D eigenvalue weighted by Crippen LogP contribution is -2.48. The van der Waals surface area contributed by atoms with Gasteiger partial charge in [0.2, 0.25) is 10.0 Å². The maximum Gasteiger partial charge on any atom is 0.321 e. The molecule has 0 atom stereocenters. The summed E-state index contributed by atoms with van der Waals surface area (Å²) in [4.78, 5) is 13.7. The molecule has 23 heavy (non-hydrogen) atoms. The van der Waals surface area contributed by atoms with Gasteiger partial charge < -0.3 is 10.2 Å². The summed E-state index contributed by atoms with van der Waals surface area (Å²) in [6, 6.07) is 5.24. The molecule has 1 aliphatic rings. The van der Waals surface area contributed by atoms with Crippen molar-refractivity contribution in [2.45, 2.75) is 38.0 Å². The maximum atomic E-state index is 13.1. The Labute approximate surface area is 136 Å². The Bertz CT molecular complexity index is 656. The number of likely N-dealkylation sites (tertiary alicyclic amines) is 1. The summed E-state index contributed by atoms with van der Waals surface area (Å²) < 4.78 is 39.5. The Morgan fingerprint density at radius 2 is 1.96 bits per heavy atom. The minimum atomic E-state index is -3.30. The molecule has 0 bridgehead atoms. The Hall–Kier alpha value is -1.67. The van der Waals surface area contributed by atoms with Crippen LogP contribution in [0.15, 0.2) is 24.3 Å². The molecule has 2 N–H and O–H groups in total. The Morgan fingerprint density at radius 1 is 1.30 bits per heavy atom. The number of urea groups is 1. The zero-order chi connectivity index (χ0) is 17.0. The van der Waals surface area contributed by atoms with Crippen molar-refractivity contribution in [3.05, 3.63) is 30.1 Å². The van der Waals surface area contributed by atoms with E-state index in [0.717, 1.165) is 0 Å². The van der Waals surface area contributed by atoms with Crippen LogP contribution in [-0.4, -0.2) is 43.7 Å². The first kappa shape index (κ1) is 17.7. The van der Waals surface area contributed by atoms with Gasteiger partial charge in [0.1, 0.15) is 5.82 Å². The third-order valence-corrected chi connectivity index (χ3v) is 5.71. The van der Waals surface area contributed by atoms with Crippen LogP contribution in [0.3, 0.4) is 0 Å². The van der Waals surface area contributed by atoms with Gasteiger partial charge in [0.05, 0.1) is 5.25 Å². The van der Waals surface area contributed by atoms with Crippen LogP contribution in [0.1, 0.15) is 26.7 Å². The highest BCUT2D eigenvalue weighted by Crippen LogP contribution is 2.15. The van der Waals surface area contributed by atoms with Crippen LogP contribution in [0.5, 0.6) is 0 Å². The van der Waals surface area contributed by atoms with Crippen molar-refractivity contribution in [2.75, 3.05) is 18.4 Å². The fourth-order valence-electron chi connectivity index (χ4n) is 2.34. The summed E-state index contributed by atoms with van der Waals surface area (Å²) in [6.45, 7) is 4.16. The largest absolute Gasteiger partial charge is 0.324 e. The van der Waals surface area contributed by atoms with Gasteiger partial charge in [0, 0.05) is 24.8 Å². The predicted molar refractivity (Wildman–Crippen MR) is 87.2 cm³/mol. The molecule has 0 aromatic heterocycles. The van der Waals surface area contributed by atoms with Crippen molar-refractivity contribution in [3.8, 4) is 0 Å². The molecule has 1 saturated heterocycles. The first-order valence-electron chi connectivity index (χ1n) is 7.60. The van der Waals surface area contributed by atoms with Gasteiger partial charge in [0.15, 0.2) is 0 Å². The summed E-state index contributed by atoms with van der Waals surface area (Å²) in [5, 5.41) is 2.17. The Balaban J connectivity index is 1.85. The van der Waals surface area contributed by atoms with Crippen molar-refractivity contribution in [3.63, 3.8) is 0 Å². The van der Waals surface area contributed by atoms with Crippen molar-refractivity contribution in [1.29, 1.82) is 0 Å². The fourth-order valence-corrected chi connectivity index (χ4v) is 3.31. The lowest BCUT2D eigenvalue weighted by molar-refractivity contribution is 0.193. The molecule has 0 spiro atoms. The molecule has 1 fully saturated rings. The van der Waals surface area contributed by atoms with Crippen molar-refractivity contribution < 1.29 is 17.6 Å². The SMILES string of the molecule is CC(C)S(=O)(=O)NC1CCN(C(=O)Nc2cccc(F)c2)CC1. The van der Waals surface area contributed by atoms with E-state index >= 15 is 0 Å². The molecule has 0 aliphatic carbocycles. The van der Waals surface area contributed by atoms with Crippen LogP contribution in [0.2, 0.25) is 0 Å². The molecule has 128 valence electrons. The number of carbonyl (C=O) groups is 1. The fraction of sp³-hybridized carbons (Fsp3) is 0.533. The van der Waals surface area contributed by atoms with Gasteiger partial charge in [0.25, 0.3) is 0 Å². The number of rotatable bonds is 4. The van der Waals surface area contributed by atoms with Gasteiger partial charge in [-0.2, -0.15) is 0 Å². The second kappa shape index (κ2) is 7.27. The topological polar surface area (TPSA) is 78.5 Å². The van der Waals surface area contributed by atoms with Gasteiger partial charge in [-0.15, -0.1) is 0 Å². The molecule has 1 aliphatic heterocycles. The van der Waals surface area contributed by atoms with E-state index < -0.39 is 21.1 Å². The number of hydrogen-bond donors (Lipinski definition) is 2. The van der Waals surface area contributed by atoms with E-state index in [0.29, 0.717) is 31.6 Å². The number of amides is 2. The summed E-state index contributed by atoms with van der Waals surface area (Å²) in [7, 11) is -3.30. The smallest absolute Gasteiger partial charge is 0.321 e. The monoisotopic (exact) mass is 343 g/mol. The first-order chi connectivity index (χ1) is 10.8. The molecular weight excluding hydrogens is 321 g/mol. The number of benzene rings is 1. The van der Waals surface area contributed by atoms with Gasteiger partial charge >= 0.3 is 6.03 Å². The third kappa shape index (κ3) is 4.90. The molecule has 1 aromatic rings. The zero-order valence-corrected chi connectivity index (χ0v) is 14.1. The Morgan fingerprint density at radius 3 is 2.52 bits per heavy atom. The normalized spacial score (nSPS) is 16.6. The van der Waals surface area contributed by atoms with Gasteiger partial charge in [-0.25, -0.2) is 22.3 Å². The van der Waals surface area contributed by atoms with E-state index in [4.69, 9.17) is 0 Å². The number of anilines is 1. The van der Waals surface area contributed by atoms with E-state index in [2.05, 4.69) is 10.0 Å². The highest BCUT2D eigenvalue weighted by molar-refractivity contribution is 7.90. The number of sulfonamides is 1. The quantitative estimate of drug-likeness (QED) is 0.879. The minimum absolute atomic E-state index is 0.152. The third-order valence-electron chi connectivity index (χ3n) is 3.81. The minimum Gasteiger partial charge on any atom is -0.324 e. The lowest BCUT2D eigenvalue weighted by atomic mass is 10.1. The van der Waals surface area contributed by atoms with E-state index in [1.165, 1.54) is 18.2 Å². The van der Waals surface area contributed by atoms with Crippen LogP contribution in [-0.2, 0) is 10.0 Å². The van der Waals surface area contributed by atoms with Crippen molar-refractivity contribution in [1.82, 2.24) is 9.62 Å². The molecule has 0 radical (unpaired) electrons. The molecule has 1 aromatic carbocycles. The number of piperidine rings is 1. The van der Waals surface area contributed by atoms with E-state index in [9.17, 15) is 17.6 Å². The molecule has 1 heterocycles. The average molecular weight is 343 g/mol. The van der Waals surface area contributed by atoms with Crippen LogP contribution >= 0.6 is 0 Å². The van der Waals surface area contributed by atoms with Crippen LogP contribution in [0.4, 0.5) is 14.9 Å². The van der Waals surface area contributed by atoms with Crippen molar-refractivity contribution in [2.24, 2.45) is 0 Å². The van der Waals surface area contributed by atoms with Crippen LogP contribution < -0.4 is 10.0 Å². The number of carbonyl (C=O) groups excluding carboxylic acids is 1. The van der Waals surface area contributed by atoms with Gasteiger partial charge in [-0.3, -0.25) is 0 Å². The zero-order valence-electron chi connectivity index (χ0n) is 13.3. The van der Waals surface area contributed by atoms with E-state index in [-0.39, 0.29) is 12.1 Å². The first-order valence-corrected chi connectivity index (χ1v) is 9.15. The second-order valence-electron chi connectivity index (χ2n) is 5.91. The van der Waals surface area contributed by atoms with Crippen LogP contribution in [0.25, 0.3) is 0 Å². The summed E-state index contributed by atoms with van der Waals surface area (Å²) in [5.74, 6) is -0.412. The maximum absolute atomic E-state index is 13.1. The Kier molecular flexibility index (Phi) is 5.59. The lowest BCUT2D eigenvalue weighted by Gasteiger charge is -2.32. The molecule has 8 heteroatoms. The van der Waals surface area contributed by atoms with Gasteiger partial charge in [-0.1, -0.05) is 6.07 Å². The second-order valence-corrected chi connectivity index (χ2v) is 8.18. The number of nitrogens with one attached hydrogen (secondary N) is 2. The molecule has 0 unspecified atom stereocenters.